The molecule has 1 amide bonds. The number of nitrogens with zero attached hydrogens (tertiary/aromatic N) is 3. The SMILES string of the molecule is C=Cc1c2c(cc3c1/C(=N/C(=O)OCCCCC)c1cc4c(cc1[Si]3(C)C)N(C)CC4)N(C)CC2. The molecular weight excluding hydrogens is 450 g/mol. The standard InChI is InChI=1S/C29H37N3O2Si/c1-7-9-10-15-34-29(33)30-28-22-16-19-11-13-31(3)23(19)17-25(22)35(5,6)26-18-24-21(12-14-32(24)4)20(8-2)27(26)28/h8,16-18H,2,7,9-15H2,1,3-6H3/b30-28+. The van der Waals surface area contributed by atoms with Crippen molar-refractivity contribution in [2.75, 3.05) is 43.6 Å². The fourth-order valence-corrected chi connectivity index (χ4v) is 9.08. The van der Waals surface area contributed by atoms with Crippen molar-refractivity contribution in [3.63, 3.8) is 0 Å². The molecule has 2 aromatic rings. The van der Waals surface area contributed by atoms with E-state index in [1.807, 2.05) is 6.08 Å². The number of unbranched alkanes of at least 4 members (excludes halogenated alkanes) is 2. The Morgan fingerprint density at radius 3 is 2.54 bits per heavy atom. The third-order valence-electron chi connectivity index (χ3n) is 8.13. The number of likely N-dealkylation sites (N-methyl/N-ethyl adjacent to an activating group) is 2. The van der Waals surface area contributed by atoms with Gasteiger partial charge in [-0.25, -0.2) is 4.79 Å². The molecule has 0 saturated carbocycles. The van der Waals surface area contributed by atoms with Gasteiger partial charge in [0.25, 0.3) is 0 Å². The van der Waals surface area contributed by atoms with Crippen molar-refractivity contribution in [3.8, 4) is 0 Å². The molecule has 0 N–H and O–H groups in total. The monoisotopic (exact) mass is 487 g/mol. The topological polar surface area (TPSA) is 45.1 Å². The minimum Gasteiger partial charge on any atom is -0.448 e. The fraction of sp³-hybridized carbons (Fsp3) is 0.448. The lowest BCUT2D eigenvalue weighted by Gasteiger charge is -2.37. The van der Waals surface area contributed by atoms with Crippen LogP contribution in [0.2, 0.25) is 13.1 Å². The number of carbonyl (C=O) groups is 1. The van der Waals surface area contributed by atoms with Crippen LogP contribution in [0, 0.1) is 0 Å². The average molecular weight is 488 g/mol. The van der Waals surface area contributed by atoms with Crippen LogP contribution in [0.3, 0.4) is 0 Å². The van der Waals surface area contributed by atoms with Crippen LogP contribution in [0.25, 0.3) is 6.08 Å². The summed E-state index contributed by atoms with van der Waals surface area (Å²) in [6, 6.07) is 7.08. The molecule has 5 rings (SSSR count). The summed E-state index contributed by atoms with van der Waals surface area (Å²) in [5, 5.41) is 2.69. The molecular formula is C29H37N3O2Si. The summed E-state index contributed by atoms with van der Waals surface area (Å²) in [6.07, 6.45) is 6.52. The Morgan fingerprint density at radius 2 is 1.80 bits per heavy atom. The molecule has 0 aromatic heterocycles. The van der Waals surface area contributed by atoms with E-state index in [4.69, 9.17) is 4.74 Å². The smallest absolute Gasteiger partial charge is 0.434 e. The van der Waals surface area contributed by atoms with Gasteiger partial charge in [0, 0.05) is 49.7 Å². The summed E-state index contributed by atoms with van der Waals surface area (Å²) in [7, 11) is 2.25. The Balaban J connectivity index is 1.73. The van der Waals surface area contributed by atoms with Gasteiger partial charge in [-0.1, -0.05) is 45.5 Å². The van der Waals surface area contributed by atoms with E-state index in [2.05, 4.69) is 73.7 Å². The second-order valence-corrected chi connectivity index (χ2v) is 15.0. The summed E-state index contributed by atoms with van der Waals surface area (Å²) < 4.78 is 5.56. The van der Waals surface area contributed by atoms with Crippen molar-refractivity contribution in [3.05, 3.63) is 52.6 Å². The van der Waals surface area contributed by atoms with Crippen molar-refractivity contribution in [1.82, 2.24) is 0 Å². The Labute approximate surface area is 210 Å². The lowest BCUT2D eigenvalue weighted by atomic mass is 9.90. The number of fused-ring (bicyclic) bond motifs is 4. The zero-order chi connectivity index (χ0) is 24.9. The lowest BCUT2D eigenvalue weighted by molar-refractivity contribution is 0.155. The van der Waals surface area contributed by atoms with Gasteiger partial charge in [-0.3, -0.25) is 0 Å². The Hall–Kier alpha value is -2.86. The summed E-state index contributed by atoms with van der Waals surface area (Å²) in [5.41, 5.74) is 9.40. The van der Waals surface area contributed by atoms with Gasteiger partial charge in [0.2, 0.25) is 0 Å². The van der Waals surface area contributed by atoms with Crippen molar-refractivity contribution in [2.24, 2.45) is 4.99 Å². The number of hydrogen-bond acceptors (Lipinski definition) is 4. The third-order valence-corrected chi connectivity index (χ3v) is 11.6. The Morgan fingerprint density at radius 1 is 1.09 bits per heavy atom. The van der Waals surface area contributed by atoms with Crippen molar-refractivity contribution in [2.45, 2.75) is 52.1 Å². The molecule has 5 nitrogen and oxygen atoms in total. The highest BCUT2D eigenvalue weighted by Gasteiger charge is 2.42. The molecule has 0 atom stereocenters. The first-order valence-corrected chi connectivity index (χ1v) is 16.0. The number of carbonyl (C=O) groups excluding carboxylic acids is 1. The van der Waals surface area contributed by atoms with Crippen LogP contribution in [0.4, 0.5) is 16.2 Å². The quantitative estimate of drug-likeness (QED) is 0.456. The highest BCUT2D eigenvalue weighted by molar-refractivity contribution is 7.03. The third kappa shape index (κ3) is 3.82. The summed E-state index contributed by atoms with van der Waals surface area (Å²) in [6.45, 7) is 13.7. The first kappa shape index (κ1) is 23.9. The van der Waals surface area contributed by atoms with Crippen molar-refractivity contribution < 1.29 is 9.53 Å². The van der Waals surface area contributed by atoms with E-state index < -0.39 is 14.2 Å². The van der Waals surface area contributed by atoms with Crippen LogP contribution in [-0.2, 0) is 17.6 Å². The van der Waals surface area contributed by atoms with Gasteiger partial charge >= 0.3 is 6.09 Å². The molecule has 0 fully saturated rings. The first-order chi connectivity index (χ1) is 16.8. The van der Waals surface area contributed by atoms with Crippen LogP contribution in [-0.4, -0.2) is 53.7 Å². The van der Waals surface area contributed by atoms with E-state index in [-0.39, 0.29) is 0 Å². The highest BCUT2D eigenvalue weighted by atomic mass is 28.3. The van der Waals surface area contributed by atoms with Gasteiger partial charge in [0.1, 0.15) is 8.07 Å². The minimum atomic E-state index is -2.09. The molecule has 0 saturated heterocycles. The maximum absolute atomic E-state index is 13.0. The van der Waals surface area contributed by atoms with Gasteiger partial charge in [0.05, 0.1) is 12.3 Å². The predicted molar refractivity (Wildman–Crippen MR) is 150 cm³/mol. The Bertz CT molecular complexity index is 1250. The van der Waals surface area contributed by atoms with E-state index >= 15 is 0 Å². The molecule has 3 aliphatic heterocycles. The van der Waals surface area contributed by atoms with Crippen LogP contribution in [0.5, 0.6) is 0 Å². The number of hydrogen-bond donors (Lipinski definition) is 0. The number of ether oxygens (including phenoxy) is 1. The van der Waals surface area contributed by atoms with E-state index in [0.29, 0.717) is 6.61 Å². The molecule has 3 aliphatic rings. The number of amides is 1. The molecule has 35 heavy (non-hydrogen) atoms. The Kier molecular flexibility index (Phi) is 6.12. The van der Waals surface area contributed by atoms with Gasteiger partial charge in [0.15, 0.2) is 0 Å². The predicted octanol–water partition coefficient (Wildman–Crippen LogP) is 4.61. The molecule has 0 unspecified atom stereocenters. The largest absolute Gasteiger partial charge is 0.448 e. The fourth-order valence-electron chi connectivity index (χ4n) is 6.05. The second-order valence-electron chi connectivity index (χ2n) is 10.7. The van der Waals surface area contributed by atoms with E-state index in [9.17, 15) is 4.79 Å². The molecule has 0 bridgehead atoms. The molecule has 0 spiro atoms. The summed E-state index contributed by atoms with van der Waals surface area (Å²) in [4.78, 5) is 22.4. The van der Waals surface area contributed by atoms with Crippen molar-refractivity contribution in [1.29, 1.82) is 0 Å². The molecule has 0 aliphatic carbocycles. The average Bonchev–Trinajstić information content (AvgIpc) is 3.39. The summed E-state index contributed by atoms with van der Waals surface area (Å²) in [5.74, 6) is 0. The number of rotatable bonds is 5. The van der Waals surface area contributed by atoms with E-state index in [1.54, 1.807) is 0 Å². The van der Waals surface area contributed by atoms with E-state index in [0.717, 1.165) is 67.6 Å². The minimum absolute atomic E-state index is 0.418. The van der Waals surface area contributed by atoms with Gasteiger partial charge in [-0.2, -0.15) is 4.99 Å². The van der Waals surface area contributed by atoms with Crippen LogP contribution < -0.4 is 20.2 Å². The van der Waals surface area contributed by atoms with Gasteiger partial charge < -0.3 is 14.5 Å². The maximum atomic E-state index is 13.0. The second kappa shape index (κ2) is 8.97. The summed E-state index contributed by atoms with van der Waals surface area (Å²) >= 11 is 0. The van der Waals surface area contributed by atoms with Gasteiger partial charge in [-0.05, 0) is 64.5 Å². The van der Waals surface area contributed by atoms with Crippen LogP contribution >= 0.6 is 0 Å². The lowest BCUT2D eigenvalue weighted by Crippen LogP contribution is -2.60. The number of aliphatic imine (C=N–C) groups is 1. The van der Waals surface area contributed by atoms with Crippen LogP contribution in [0.1, 0.15) is 54.0 Å². The number of benzene rings is 2. The zero-order valence-electron chi connectivity index (χ0n) is 21.8. The number of anilines is 2. The molecule has 3 heterocycles. The van der Waals surface area contributed by atoms with E-state index in [1.165, 1.54) is 32.9 Å². The van der Waals surface area contributed by atoms with Crippen LogP contribution in [0.15, 0.2) is 29.8 Å². The zero-order valence-corrected chi connectivity index (χ0v) is 22.8. The molecule has 0 radical (unpaired) electrons. The van der Waals surface area contributed by atoms with Crippen molar-refractivity contribution >= 4 is 47.7 Å². The molecule has 184 valence electrons. The maximum Gasteiger partial charge on any atom is 0.434 e. The molecule has 2 aromatic carbocycles. The highest BCUT2D eigenvalue weighted by Crippen LogP contribution is 2.37. The molecule has 6 heteroatoms. The normalized spacial score (nSPS) is 18.3. The first-order valence-electron chi connectivity index (χ1n) is 13.0. The van der Waals surface area contributed by atoms with Gasteiger partial charge in [-0.15, -0.1) is 0 Å².